The topological polar surface area (TPSA) is 82.7 Å². The number of aromatic amines is 1. The summed E-state index contributed by atoms with van der Waals surface area (Å²) in [5, 5.41) is 0.922. The molecule has 1 aromatic heterocycles. The van der Waals surface area contributed by atoms with Gasteiger partial charge in [-0.2, -0.15) is 0 Å². The number of morpholine rings is 1. The second-order valence-electron chi connectivity index (χ2n) is 8.14. The number of rotatable bonds is 6. The minimum atomic E-state index is -1.34. The highest BCUT2D eigenvalue weighted by Crippen LogP contribution is 2.27. The van der Waals surface area contributed by atoms with Crippen LogP contribution in [-0.2, 0) is 22.1 Å². The summed E-state index contributed by atoms with van der Waals surface area (Å²) in [4.78, 5) is 30.8. The molecule has 0 radical (unpaired) electrons. The van der Waals surface area contributed by atoms with Gasteiger partial charge in [0.15, 0.2) is 5.78 Å². The van der Waals surface area contributed by atoms with Gasteiger partial charge in [0, 0.05) is 47.7 Å². The second-order valence-corrected chi connectivity index (χ2v) is 9.84. The van der Waals surface area contributed by atoms with Crippen LogP contribution in [0.2, 0.25) is 0 Å². The number of aryl methyl sites for hydroxylation is 1. The fourth-order valence-electron chi connectivity index (χ4n) is 4.00. The highest BCUT2D eigenvalue weighted by molar-refractivity contribution is 7.82. The number of nitrogens with zero attached hydrogens (tertiary/aromatic N) is 2. The van der Waals surface area contributed by atoms with Gasteiger partial charge in [-0.05, 0) is 62.5 Å². The third kappa shape index (κ3) is 4.67. The fourth-order valence-corrected chi connectivity index (χ4v) is 4.82. The standard InChI is InChI=1S/C24H27N3O4S/c1-16-12-24(29)25-21-6-4-17(13-19(16)21)14-23(28)20-15-18(32(30)26(2)3)5-7-22(20)27-8-10-31-11-9-27/h4-7,12-13,15H,8-11,14H2,1-3H3,(H,25,29). The first kappa shape index (κ1) is 22.4. The Kier molecular flexibility index (Phi) is 6.55. The Labute approximate surface area is 189 Å². The molecule has 0 amide bonds. The van der Waals surface area contributed by atoms with E-state index in [1.54, 1.807) is 30.5 Å². The van der Waals surface area contributed by atoms with E-state index in [1.807, 2.05) is 37.3 Å². The zero-order valence-corrected chi connectivity index (χ0v) is 19.3. The number of anilines is 1. The van der Waals surface area contributed by atoms with Crippen molar-refractivity contribution in [3.8, 4) is 0 Å². The van der Waals surface area contributed by atoms with Crippen molar-refractivity contribution in [2.45, 2.75) is 18.2 Å². The number of hydrogen-bond donors (Lipinski definition) is 1. The molecule has 2 heterocycles. The number of hydrogen-bond acceptors (Lipinski definition) is 5. The van der Waals surface area contributed by atoms with Crippen LogP contribution in [0.25, 0.3) is 10.9 Å². The van der Waals surface area contributed by atoms with Gasteiger partial charge in [-0.15, -0.1) is 0 Å². The van der Waals surface area contributed by atoms with Gasteiger partial charge in [-0.3, -0.25) is 9.59 Å². The Balaban J connectivity index is 1.70. The van der Waals surface area contributed by atoms with Gasteiger partial charge < -0.3 is 14.6 Å². The molecule has 32 heavy (non-hydrogen) atoms. The van der Waals surface area contributed by atoms with Gasteiger partial charge in [0.25, 0.3) is 0 Å². The lowest BCUT2D eigenvalue weighted by Gasteiger charge is -2.30. The van der Waals surface area contributed by atoms with Crippen molar-refractivity contribution < 1.29 is 13.7 Å². The van der Waals surface area contributed by atoms with Crippen LogP contribution in [0.5, 0.6) is 0 Å². The summed E-state index contributed by atoms with van der Waals surface area (Å²) in [6.45, 7) is 4.53. The largest absolute Gasteiger partial charge is 0.378 e. The molecule has 8 heteroatoms. The van der Waals surface area contributed by atoms with Gasteiger partial charge in [0.05, 0.1) is 18.1 Å². The Bertz CT molecular complexity index is 1250. The molecule has 168 valence electrons. The van der Waals surface area contributed by atoms with E-state index in [9.17, 15) is 13.8 Å². The number of ether oxygens (including phenoxy) is 1. The van der Waals surface area contributed by atoms with E-state index >= 15 is 0 Å². The van der Waals surface area contributed by atoms with E-state index in [4.69, 9.17) is 4.74 Å². The Morgan fingerprint density at radius 1 is 1.12 bits per heavy atom. The number of ketones is 1. The molecule has 1 aliphatic heterocycles. The maximum atomic E-state index is 13.5. The average molecular weight is 454 g/mol. The summed E-state index contributed by atoms with van der Waals surface area (Å²) < 4.78 is 19.7. The number of carbonyl (C=O) groups excluding carboxylic acids is 1. The lowest BCUT2D eigenvalue weighted by atomic mass is 9.98. The van der Waals surface area contributed by atoms with Gasteiger partial charge in [0.1, 0.15) is 11.0 Å². The Hall–Kier alpha value is -2.81. The smallest absolute Gasteiger partial charge is 0.248 e. The van der Waals surface area contributed by atoms with Crippen molar-refractivity contribution in [1.29, 1.82) is 0 Å². The number of carbonyl (C=O) groups is 1. The van der Waals surface area contributed by atoms with E-state index in [1.165, 1.54) is 0 Å². The highest BCUT2D eigenvalue weighted by atomic mass is 32.2. The van der Waals surface area contributed by atoms with Crippen molar-refractivity contribution in [2.75, 3.05) is 45.3 Å². The van der Waals surface area contributed by atoms with Crippen molar-refractivity contribution >= 4 is 33.4 Å². The molecule has 4 rings (SSSR count). The summed E-state index contributed by atoms with van der Waals surface area (Å²) in [6, 6.07) is 12.7. The fraction of sp³-hybridized carbons (Fsp3) is 0.333. The van der Waals surface area contributed by atoms with E-state index < -0.39 is 11.0 Å². The summed E-state index contributed by atoms with van der Waals surface area (Å²) >= 11 is 0. The predicted octanol–water partition coefficient (Wildman–Crippen LogP) is 2.68. The molecule has 1 saturated heterocycles. The molecule has 0 bridgehead atoms. The van der Waals surface area contributed by atoms with E-state index in [2.05, 4.69) is 9.88 Å². The zero-order valence-electron chi connectivity index (χ0n) is 18.5. The van der Waals surface area contributed by atoms with Gasteiger partial charge in [0.2, 0.25) is 5.56 Å². The first-order chi connectivity index (χ1) is 15.3. The molecule has 0 saturated carbocycles. The Morgan fingerprint density at radius 3 is 2.59 bits per heavy atom. The number of pyridine rings is 1. The molecular weight excluding hydrogens is 426 g/mol. The summed E-state index contributed by atoms with van der Waals surface area (Å²) in [7, 11) is 2.15. The highest BCUT2D eigenvalue weighted by Gasteiger charge is 2.21. The molecule has 0 aliphatic carbocycles. The molecule has 1 N–H and O–H groups in total. The molecule has 3 aromatic rings. The van der Waals surface area contributed by atoms with Crippen LogP contribution in [0, 0.1) is 6.92 Å². The molecule has 1 fully saturated rings. The third-order valence-electron chi connectivity index (χ3n) is 5.63. The van der Waals surface area contributed by atoms with Gasteiger partial charge in [-0.25, -0.2) is 8.51 Å². The van der Waals surface area contributed by atoms with Crippen molar-refractivity contribution in [2.24, 2.45) is 0 Å². The first-order valence-electron chi connectivity index (χ1n) is 10.5. The van der Waals surface area contributed by atoms with E-state index in [0.29, 0.717) is 36.8 Å². The lowest BCUT2D eigenvalue weighted by molar-refractivity contribution is 0.0991. The predicted molar refractivity (Wildman–Crippen MR) is 127 cm³/mol. The maximum absolute atomic E-state index is 13.5. The number of Topliss-reactive ketones (excluding diaryl/α,β-unsaturated/α-hetero) is 1. The first-order valence-corrected chi connectivity index (χ1v) is 11.7. The van der Waals surface area contributed by atoms with Gasteiger partial charge in [-0.1, -0.05) is 6.07 Å². The maximum Gasteiger partial charge on any atom is 0.248 e. The zero-order chi connectivity index (χ0) is 22.8. The number of fused-ring (bicyclic) bond motifs is 1. The van der Waals surface area contributed by atoms with Crippen LogP contribution in [-0.4, -0.2) is 59.7 Å². The number of nitrogens with one attached hydrogen (secondary N) is 1. The van der Waals surface area contributed by atoms with Crippen LogP contribution in [0.1, 0.15) is 21.5 Å². The van der Waals surface area contributed by atoms with Crippen LogP contribution in [0.15, 0.2) is 52.2 Å². The molecule has 7 nitrogen and oxygen atoms in total. The molecule has 1 unspecified atom stereocenters. The van der Waals surface area contributed by atoms with E-state index in [0.717, 1.165) is 27.7 Å². The number of aromatic nitrogens is 1. The normalized spacial score (nSPS) is 15.3. The molecule has 1 aliphatic rings. The molecule has 2 aromatic carbocycles. The van der Waals surface area contributed by atoms with Crippen molar-refractivity contribution in [3.63, 3.8) is 0 Å². The molecule has 0 spiro atoms. The monoisotopic (exact) mass is 453 g/mol. The van der Waals surface area contributed by atoms with Crippen molar-refractivity contribution in [1.82, 2.24) is 9.29 Å². The van der Waals surface area contributed by atoms with Crippen molar-refractivity contribution in [3.05, 3.63) is 69.5 Å². The lowest BCUT2D eigenvalue weighted by Crippen LogP contribution is -2.37. The van der Waals surface area contributed by atoms with Crippen LogP contribution < -0.4 is 10.5 Å². The quantitative estimate of drug-likeness (QED) is 0.581. The SMILES string of the molecule is Cc1cc(=O)[nH]c2ccc(CC(=O)c3cc(S(=O)N(C)C)ccc3N3CCOCC3)cc12. The number of benzene rings is 2. The Morgan fingerprint density at radius 2 is 1.88 bits per heavy atom. The van der Waals surface area contributed by atoms with Crippen LogP contribution >= 0.6 is 0 Å². The summed E-state index contributed by atoms with van der Waals surface area (Å²) in [5.41, 5.74) is 3.76. The minimum absolute atomic E-state index is 0.0366. The molecule has 1 atom stereocenters. The average Bonchev–Trinajstić information content (AvgIpc) is 2.79. The van der Waals surface area contributed by atoms with Crippen LogP contribution in [0.4, 0.5) is 5.69 Å². The number of H-pyrrole nitrogens is 1. The van der Waals surface area contributed by atoms with Gasteiger partial charge >= 0.3 is 0 Å². The second kappa shape index (κ2) is 9.36. The minimum Gasteiger partial charge on any atom is -0.378 e. The van der Waals surface area contributed by atoms with Crippen LogP contribution in [0.3, 0.4) is 0 Å². The molecular formula is C24H27N3O4S. The third-order valence-corrected chi connectivity index (χ3v) is 6.95. The summed E-state index contributed by atoms with van der Waals surface area (Å²) in [6.07, 6.45) is 0.212. The van der Waals surface area contributed by atoms with E-state index in [-0.39, 0.29) is 17.8 Å². The summed E-state index contributed by atoms with van der Waals surface area (Å²) in [5.74, 6) is -0.0366.